The Morgan fingerprint density at radius 3 is 2.58 bits per heavy atom. The number of benzene rings is 1. The lowest BCUT2D eigenvalue weighted by molar-refractivity contribution is -0.131. The van der Waals surface area contributed by atoms with Gasteiger partial charge in [-0.05, 0) is 59.9 Å². The molecular weight excluding hydrogens is 430 g/mol. The van der Waals surface area contributed by atoms with E-state index in [1.54, 1.807) is 30.8 Å². The third kappa shape index (κ3) is 3.61. The van der Waals surface area contributed by atoms with Crippen molar-refractivity contribution in [3.05, 3.63) is 75.7 Å². The second-order valence-corrected chi connectivity index (χ2v) is 9.99. The van der Waals surface area contributed by atoms with E-state index in [0.717, 1.165) is 21.6 Å². The Hall–Kier alpha value is -3.50. The van der Waals surface area contributed by atoms with E-state index >= 15 is 0 Å². The Labute approximate surface area is 197 Å². The van der Waals surface area contributed by atoms with Gasteiger partial charge in [-0.25, -0.2) is 0 Å². The Morgan fingerprint density at radius 2 is 1.91 bits per heavy atom. The molecule has 1 unspecified atom stereocenters. The molecule has 0 spiro atoms. The summed E-state index contributed by atoms with van der Waals surface area (Å²) in [6.07, 6.45) is 7.04. The van der Waals surface area contributed by atoms with E-state index in [1.165, 1.54) is 29.7 Å². The Bertz CT molecular complexity index is 1270. The third-order valence-electron chi connectivity index (χ3n) is 7.03. The maximum absolute atomic E-state index is 13.5. The van der Waals surface area contributed by atoms with Crippen molar-refractivity contribution in [1.29, 1.82) is 10.7 Å². The van der Waals surface area contributed by atoms with E-state index in [4.69, 9.17) is 5.41 Å². The Kier molecular flexibility index (Phi) is 5.26. The van der Waals surface area contributed by atoms with E-state index in [2.05, 4.69) is 40.6 Å². The van der Waals surface area contributed by atoms with Crippen LogP contribution in [0.2, 0.25) is 0 Å². The van der Waals surface area contributed by atoms with Crippen LogP contribution in [0.3, 0.4) is 0 Å². The highest BCUT2D eigenvalue weighted by Crippen LogP contribution is 2.45. The van der Waals surface area contributed by atoms with Crippen LogP contribution in [0.5, 0.6) is 0 Å². The summed E-state index contributed by atoms with van der Waals surface area (Å²) in [5.74, 6) is 0.162. The van der Waals surface area contributed by atoms with Gasteiger partial charge in [0.05, 0.1) is 17.0 Å². The molecule has 5 rings (SSSR count). The van der Waals surface area contributed by atoms with Crippen LogP contribution in [-0.2, 0) is 10.3 Å². The number of guanidine groups is 1. The topological polar surface area (TPSA) is 92.9 Å². The van der Waals surface area contributed by atoms with Gasteiger partial charge in [0.15, 0.2) is 5.96 Å². The normalized spacial score (nSPS) is 23.1. The lowest BCUT2D eigenvalue weighted by Gasteiger charge is -2.45. The fourth-order valence-electron chi connectivity index (χ4n) is 4.75. The highest BCUT2D eigenvalue weighted by atomic mass is 32.1. The molecule has 1 amide bonds. The van der Waals surface area contributed by atoms with Crippen molar-refractivity contribution in [3.63, 3.8) is 0 Å². The standard InChI is InChI=1S/C26H25N5OS/c1-26(22-11-21(15-33-22)20-10-16(12-27)13-29-14-20)23(24(32)31(2)25(28)30-26)19-8-6-18(7-9-19)17-4-3-5-17/h6-11,13-15,17,23H,3-5H2,1-2H3,(H2,28,30)/t23?,26-/m1/s1. The summed E-state index contributed by atoms with van der Waals surface area (Å²) in [6, 6.07) is 14.5. The first-order valence-electron chi connectivity index (χ1n) is 11.1. The molecule has 33 heavy (non-hydrogen) atoms. The van der Waals surface area contributed by atoms with Crippen LogP contribution in [0.25, 0.3) is 11.1 Å². The van der Waals surface area contributed by atoms with Gasteiger partial charge in [-0.2, -0.15) is 5.26 Å². The molecular formula is C26H25N5OS. The van der Waals surface area contributed by atoms with Gasteiger partial charge in [-0.1, -0.05) is 30.7 Å². The fourth-order valence-corrected chi connectivity index (χ4v) is 5.82. The zero-order chi connectivity index (χ0) is 23.2. The quantitative estimate of drug-likeness (QED) is 0.582. The minimum absolute atomic E-state index is 0.0907. The molecule has 1 aliphatic heterocycles. The highest BCUT2D eigenvalue weighted by Gasteiger charge is 2.49. The van der Waals surface area contributed by atoms with Crippen molar-refractivity contribution in [2.75, 3.05) is 7.05 Å². The number of thiophene rings is 1. The minimum atomic E-state index is -0.776. The number of nitrogens with one attached hydrogen (secondary N) is 2. The van der Waals surface area contributed by atoms with E-state index in [9.17, 15) is 10.1 Å². The van der Waals surface area contributed by atoms with E-state index in [1.807, 2.05) is 24.4 Å². The van der Waals surface area contributed by atoms with Crippen LogP contribution < -0.4 is 5.32 Å². The third-order valence-corrected chi connectivity index (χ3v) is 8.19. The number of hydrogen-bond acceptors (Lipinski definition) is 5. The van der Waals surface area contributed by atoms with Crippen LogP contribution in [0, 0.1) is 16.7 Å². The monoisotopic (exact) mass is 455 g/mol. The van der Waals surface area contributed by atoms with Crippen LogP contribution in [0.4, 0.5) is 0 Å². The summed E-state index contributed by atoms with van der Waals surface area (Å²) in [5.41, 5.74) is 3.82. The summed E-state index contributed by atoms with van der Waals surface area (Å²) < 4.78 is 0. The maximum atomic E-state index is 13.5. The van der Waals surface area contributed by atoms with Gasteiger partial charge >= 0.3 is 0 Å². The summed E-state index contributed by atoms with van der Waals surface area (Å²) >= 11 is 1.55. The smallest absolute Gasteiger partial charge is 0.239 e. The van der Waals surface area contributed by atoms with Crippen molar-refractivity contribution in [2.45, 2.75) is 43.6 Å². The van der Waals surface area contributed by atoms with Crippen LogP contribution >= 0.6 is 11.3 Å². The molecule has 2 N–H and O–H groups in total. The molecule has 0 radical (unpaired) electrons. The zero-order valence-corrected chi connectivity index (χ0v) is 19.4. The van der Waals surface area contributed by atoms with E-state index < -0.39 is 11.5 Å². The highest BCUT2D eigenvalue weighted by molar-refractivity contribution is 7.10. The second kappa shape index (κ2) is 8.13. The summed E-state index contributed by atoms with van der Waals surface area (Å²) in [4.78, 5) is 20.0. The number of carbonyl (C=O) groups is 1. The van der Waals surface area contributed by atoms with Gasteiger partial charge in [0.25, 0.3) is 0 Å². The largest absolute Gasteiger partial charge is 0.345 e. The molecule has 1 saturated heterocycles. The molecule has 1 saturated carbocycles. The van der Waals surface area contributed by atoms with Gasteiger partial charge in [0.1, 0.15) is 6.07 Å². The number of nitriles is 1. The first-order chi connectivity index (χ1) is 15.9. The Morgan fingerprint density at radius 1 is 1.18 bits per heavy atom. The number of rotatable bonds is 4. The predicted molar refractivity (Wildman–Crippen MR) is 129 cm³/mol. The van der Waals surface area contributed by atoms with Gasteiger partial charge in [0.2, 0.25) is 5.91 Å². The molecule has 3 aromatic rings. The van der Waals surface area contributed by atoms with Gasteiger partial charge < -0.3 is 5.32 Å². The number of nitrogens with zero attached hydrogens (tertiary/aromatic N) is 3. The summed E-state index contributed by atoms with van der Waals surface area (Å²) in [5, 5.41) is 22.9. The number of pyridine rings is 1. The predicted octanol–water partition coefficient (Wildman–Crippen LogP) is 4.94. The SMILES string of the molecule is CN1C(=N)N[C@](C)(c2cc(-c3cncc(C#N)c3)cs2)C(c2ccc(C3CCC3)cc2)C1=O. The van der Waals surface area contributed by atoms with Crippen molar-refractivity contribution in [2.24, 2.45) is 0 Å². The molecule has 1 aromatic carbocycles. The van der Waals surface area contributed by atoms with Crippen molar-refractivity contribution in [3.8, 4) is 17.2 Å². The van der Waals surface area contributed by atoms with Crippen molar-refractivity contribution < 1.29 is 4.79 Å². The average molecular weight is 456 g/mol. The lowest BCUT2D eigenvalue weighted by Crippen LogP contribution is -2.62. The second-order valence-electron chi connectivity index (χ2n) is 9.07. The summed E-state index contributed by atoms with van der Waals surface area (Å²) in [6.45, 7) is 2.00. The number of hydrogen-bond donors (Lipinski definition) is 2. The number of likely N-dealkylation sites (N-methyl/N-ethyl adjacent to an activating group) is 1. The number of carbonyl (C=O) groups excluding carboxylic acids is 1. The molecule has 7 heteroatoms. The maximum Gasteiger partial charge on any atom is 0.239 e. The molecule has 2 fully saturated rings. The lowest BCUT2D eigenvalue weighted by atomic mass is 9.75. The first kappa shape index (κ1) is 21.4. The van der Waals surface area contributed by atoms with Gasteiger partial charge in [-0.15, -0.1) is 11.3 Å². The molecule has 2 atom stereocenters. The van der Waals surface area contributed by atoms with Crippen molar-refractivity contribution in [1.82, 2.24) is 15.2 Å². The molecule has 2 aliphatic rings. The molecule has 166 valence electrons. The van der Waals surface area contributed by atoms with E-state index in [0.29, 0.717) is 11.5 Å². The van der Waals surface area contributed by atoms with Crippen LogP contribution in [0.1, 0.15) is 59.6 Å². The van der Waals surface area contributed by atoms with Crippen molar-refractivity contribution >= 4 is 23.2 Å². The van der Waals surface area contributed by atoms with Crippen LogP contribution in [0.15, 0.2) is 54.2 Å². The fraction of sp³-hybridized carbons (Fsp3) is 0.308. The average Bonchev–Trinajstić information content (AvgIpc) is 3.29. The number of amides is 1. The summed E-state index contributed by atoms with van der Waals surface area (Å²) in [7, 11) is 1.64. The molecule has 6 nitrogen and oxygen atoms in total. The zero-order valence-electron chi connectivity index (χ0n) is 18.6. The van der Waals surface area contributed by atoms with Crippen LogP contribution in [-0.4, -0.2) is 28.8 Å². The molecule has 0 bridgehead atoms. The first-order valence-corrected chi connectivity index (χ1v) is 12.0. The number of aromatic nitrogens is 1. The van der Waals surface area contributed by atoms with Gasteiger partial charge in [0, 0.05) is 29.9 Å². The van der Waals surface area contributed by atoms with Gasteiger partial charge in [-0.3, -0.25) is 20.1 Å². The Balaban J connectivity index is 1.54. The van der Waals surface area contributed by atoms with E-state index in [-0.39, 0.29) is 11.9 Å². The molecule has 3 heterocycles. The molecule has 1 aliphatic carbocycles. The molecule has 2 aromatic heterocycles. The minimum Gasteiger partial charge on any atom is -0.345 e.